The summed E-state index contributed by atoms with van der Waals surface area (Å²) in [7, 11) is 0. The Morgan fingerprint density at radius 2 is 1.88 bits per heavy atom. The van der Waals surface area contributed by atoms with Gasteiger partial charge in [0.1, 0.15) is 0 Å². The lowest BCUT2D eigenvalue weighted by Crippen LogP contribution is -2.27. The number of esters is 1. The number of hydrogen-bond donors (Lipinski definition) is 0. The van der Waals surface area contributed by atoms with Gasteiger partial charge in [-0.25, -0.2) is 4.79 Å². The normalized spacial score (nSPS) is 14.5. The van der Waals surface area contributed by atoms with Crippen LogP contribution in [0.25, 0.3) is 0 Å². The highest BCUT2D eigenvalue weighted by Gasteiger charge is 2.26. The first-order chi connectivity index (χ1) is 11.2. The molecule has 7 heteroatoms. The van der Waals surface area contributed by atoms with E-state index in [0.717, 1.165) is 25.9 Å². The number of nitro benzene ring substituents is 1. The van der Waals surface area contributed by atoms with Crippen molar-refractivity contribution in [3.8, 4) is 0 Å². The highest BCUT2D eigenvalue weighted by molar-refractivity contribution is 5.98. The van der Waals surface area contributed by atoms with Gasteiger partial charge in [-0.2, -0.15) is 0 Å². The zero-order valence-corrected chi connectivity index (χ0v) is 14.2. The molecule has 1 heterocycles. The number of nitro groups is 1. The molecule has 1 aromatic rings. The van der Waals surface area contributed by atoms with Crippen molar-refractivity contribution in [3.05, 3.63) is 33.9 Å². The van der Waals surface area contributed by atoms with Crippen LogP contribution < -0.4 is 4.90 Å². The van der Waals surface area contributed by atoms with E-state index < -0.39 is 16.3 Å². The lowest BCUT2D eigenvalue weighted by molar-refractivity contribution is -0.384. The Hall–Kier alpha value is -2.44. The molecule has 0 spiro atoms. The highest BCUT2D eigenvalue weighted by atomic mass is 16.6. The standard InChI is InChI=1S/C17H22N2O5/c1-17(2,3)15(20)11-24-16(21)13-10-12(19(22)23)6-7-14(13)18-8-4-5-9-18/h6-7,10H,4-5,8-9,11H2,1-3H3. The maximum absolute atomic E-state index is 12.4. The molecule has 0 N–H and O–H groups in total. The summed E-state index contributed by atoms with van der Waals surface area (Å²) < 4.78 is 5.11. The summed E-state index contributed by atoms with van der Waals surface area (Å²) in [4.78, 5) is 36.8. The molecule has 7 nitrogen and oxygen atoms in total. The Kier molecular flexibility index (Phi) is 5.21. The number of carbonyl (C=O) groups is 2. The van der Waals surface area contributed by atoms with E-state index in [1.165, 1.54) is 12.1 Å². The van der Waals surface area contributed by atoms with Crippen LogP contribution in [0.3, 0.4) is 0 Å². The summed E-state index contributed by atoms with van der Waals surface area (Å²) in [5.41, 5.74) is -0.0352. The third-order valence-corrected chi connectivity index (χ3v) is 4.03. The fourth-order valence-electron chi connectivity index (χ4n) is 2.46. The van der Waals surface area contributed by atoms with Crippen molar-refractivity contribution in [3.63, 3.8) is 0 Å². The molecular weight excluding hydrogens is 312 g/mol. The fourth-order valence-corrected chi connectivity index (χ4v) is 2.46. The number of Topliss-reactive ketones (excluding diaryl/α,β-unsaturated/α-hetero) is 1. The third-order valence-electron chi connectivity index (χ3n) is 4.03. The third kappa shape index (κ3) is 4.10. The summed E-state index contributed by atoms with van der Waals surface area (Å²) in [5.74, 6) is -0.915. The van der Waals surface area contributed by atoms with E-state index in [2.05, 4.69) is 0 Å². The number of ether oxygens (including phenoxy) is 1. The van der Waals surface area contributed by atoms with Crippen LogP contribution in [0.1, 0.15) is 44.0 Å². The molecule has 130 valence electrons. The molecule has 1 aromatic carbocycles. The number of nitrogens with zero attached hydrogens (tertiary/aromatic N) is 2. The number of anilines is 1. The molecule has 0 aliphatic carbocycles. The minimum absolute atomic E-state index is 0.132. The highest BCUT2D eigenvalue weighted by Crippen LogP contribution is 2.29. The Morgan fingerprint density at radius 3 is 2.42 bits per heavy atom. The average molecular weight is 334 g/mol. The molecule has 0 radical (unpaired) electrons. The Bertz CT molecular complexity index is 657. The topological polar surface area (TPSA) is 89.8 Å². The molecule has 2 rings (SSSR count). The van der Waals surface area contributed by atoms with Gasteiger partial charge in [-0.3, -0.25) is 14.9 Å². The van der Waals surface area contributed by atoms with E-state index >= 15 is 0 Å². The van der Waals surface area contributed by atoms with Crippen molar-refractivity contribution in [1.29, 1.82) is 0 Å². The van der Waals surface area contributed by atoms with E-state index in [0.29, 0.717) is 5.69 Å². The van der Waals surface area contributed by atoms with Gasteiger partial charge in [-0.05, 0) is 18.9 Å². The van der Waals surface area contributed by atoms with Crippen molar-refractivity contribution in [2.45, 2.75) is 33.6 Å². The monoisotopic (exact) mass is 334 g/mol. The van der Waals surface area contributed by atoms with Crippen LogP contribution in [0, 0.1) is 15.5 Å². The van der Waals surface area contributed by atoms with E-state index in [4.69, 9.17) is 4.74 Å². The van der Waals surface area contributed by atoms with Gasteiger partial charge in [0.25, 0.3) is 5.69 Å². The number of carbonyl (C=O) groups excluding carboxylic acids is 2. The number of ketones is 1. The maximum Gasteiger partial charge on any atom is 0.340 e. The van der Waals surface area contributed by atoms with Crippen molar-refractivity contribution in [2.24, 2.45) is 5.41 Å². The lowest BCUT2D eigenvalue weighted by Gasteiger charge is -2.21. The molecule has 0 atom stereocenters. The first-order valence-electron chi connectivity index (χ1n) is 7.94. The quantitative estimate of drug-likeness (QED) is 0.467. The predicted octanol–water partition coefficient (Wildman–Crippen LogP) is 2.97. The van der Waals surface area contributed by atoms with E-state index in [9.17, 15) is 19.7 Å². The van der Waals surface area contributed by atoms with E-state index in [-0.39, 0.29) is 23.6 Å². The Labute approximate surface area is 140 Å². The second-order valence-corrected chi connectivity index (χ2v) is 6.90. The van der Waals surface area contributed by atoms with Crippen molar-refractivity contribution in [2.75, 3.05) is 24.6 Å². The number of hydrogen-bond acceptors (Lipinski definition) is 6. The van der Waals surface area contributed by atoms with Gasteiger partial charge in [-0.15, -0.1) is 0 Å². The second kappa shape index (κ2) is 6.98. The average Bonchev–Trinajstić information content (AvgIpc) is 3.04. The van der Waals surface area contributed by atoms with Crippen LogP contribution in [0.5, 0.6) is 0 Å². The van der Waals surface area contributed by atoms with Gasteiger partial charge >= 0.3 is 5.97 Å². The summed E-state index contributed by atoms with van der Waals surface area (Å²) in [6.45, 7) is 6.47. The largest absolute Gasteiger partial charge is 0.454 e. The SMILES string of the molecule is CC(C)(C)C(=O)COC(=O)c1cc([N+](=O)[O-])ccc1N1CCCC1. The van der Waals surface area contributed by atoms with Gasteiger partial charge in [0, 0.05) is 30.6 Å². The molecule has 1 saturated heterocycles. The van der Waals surface area contributed by atoms with Crippen LogP contribution in [-0.2, 0) is 9.53 Å². The molecule has 1 fully saturated rings. The molecule has 0 aromatic heterocycles. The van der Waals surface area contributed by atoms with Gasteiger partial charge < -0.3 is 9.64 Å². The van der Waals surface area contributed by atoms with Crippen LogP contribution >= 0.6 is 0 Å². The predicted molar refractivity (Wildman–Crippen MR) is 89.3 cm³/mol. The first-order valence-corrected chi connectivity index (χ1v) is 7.94. The zero-order valence-electron chi connectivity index (χ0n) is 14.2. The van der Waals surface area contributed by atoms with Gasteiger partial charge in [0.05, 0.1) is 16.2 Å². The van der Waals surface area contributed by atoms with Crippen LogP contribution in [0.15, 0.2) is 18.2 Å². The van der Waals surface area contributed by atoms with Crippen molar-refractivity contribution in [1.82, 2.24) is 0 Å². The minimum atomic E-state index is -0.710. The molecular formula is C17H22N2O5. The summed E-state index contributed by atoms with van der Waals surface area (Å²) >= 11 is 0. The number of benzene rings is 1. The fraction of sp³-hybridized carbons (Fsp3) is 0.529. The first kappa shape index (κ1) is 17.9. The molecule has 1 aliphatic heterocycles. The summed E-state index contributed by atoms with van der Waals surface area (Å²) in [6, 6.07) is 4.17. The number of non-ortho nitro benzene ring substituents is 1. The molecule has 24 heavy (non-hydrogen) atoms. The van der Waals surface area contributed by atoms with Crippen molar-refractivity contribution >= 4 is 23.1 Å². The number of rotatable bonds is 5. The van der Waals surface area contributed by atoms with Crippen molar-refractivity contribution < 1.29 is 19.2 Å². The summed E-state index contributed by atoms with van der Waals surface area (Å²) in [5, 5.41) is 11.0. The van der Waals surface area contributed by atoms with E-state index in [1.54, 1.807) is 26.8 Å². The zero-order chi connectivity index (χ0) is 17.9. The molecule has 0 bridgehead atoms. The lowest BCUT2D eigenvalue weighted by atomic mass is 9.91. The molecule has 1 aliphatic rings. The van der Waals surface area contributed by atoms with Gasteiger partial charge in [0.15, 0.2) is 12.4 Å². The Balaban J connectivity index is 2.24. The second-order valence-electron chi connectivity index (χ2n) is 6.90. The van der Waals surface area contributed by atoms with Crippen LogP contribution in [0.2, 0.25) is 0 Å². The Morgan fingerprint density at radius 1 is 1.25 bits per heavy atom. The maximum atomic E-state index is 12.4. The smallest absolute Gasteiger partial charge is 0.340 e. The minimum Gasteiger partial charge on any atom is -0.454 e. The van der Waals surface area contributed by atoms with Crippen LogP contribution in [-0.4, -0.2) is 36.4 Å². The van der Waals surface area contributed by atoms with Gasteiger partial charge in [0.2, 0.25) is 0 Å². The molecule has 0 amide bonds. The van der Waals surface area contributed by atoms with Crippen LogP contribution in [0.4, 0.5) is 11.4 Å². The molecule has 0 saturated carbocycles. The van der Waals surface area contributed by atoms with Gasteiger partial charge in [-0.1, -0.05) is 20.8 Å². The summed E-state index contributed by atoms with van der Waals surface area (Å²) in [6.07, 6.45) is 2.02. The molecule has 0 unspecified atom stereocenters. The van der Waals surface area contributed by atoms with E-state index in [1.807, 2.05) is 4.90 Å².